The summed E-state index contributed by atoms with van der Waals surface area (Å²) in [6.07, 6.45) is 0.811. The van der Waals surface area contributed by atoms with Crippen LogP contribution in [-0.4, -0.2) is 9.78 Å². The third-order valence-electron chi connectivity index (χ3n) is 3.29. The van der Waals surface area contributed by atoms with E-state index in [1.165, 1.54) is 5.56 Å². The molecule has 0 spiro atoms. The summed E-state index contributed by atoms with van der Waals surface area (Å²) in [5.74, 6) is 0.470. The molecule has 3 nitrogen and oxygen atoms in total. The molecule has 1 N–H and O–H groups in total. The van der Waals surface area contributed by atoms with Gasteiger partial charge in [-0.05, 0) is 32.3 Å². The van der Waals surface area contributed by atoms with E-state index in [0.717, 1.165) is 23.2 Å². The summed E-state index contributed by atoms with van der Waals surface area (Å²) in [7, 11) is 0. The molecule has 0 atom stereocenters. The molecule has 2 aromatic rings. The maximum atomic E-state index is 12.3. The molecule has 3 heteroatoms. The molecule has 1 aromatic heterocycles. The highest BCUT2D eigenvalue weighted by Gasteiger charge is 2.16. The molecule has 2 rings (SSSR count). The second-order valence-corrected chi connectivity index (χ2v) is 5.48. The molecular weight excluding hydrogens is 236 g/mol. The predicted octanol–water partition coefficient (Wildman–Crippen LogP) is 3.37. The number of benzene rings is 1. The minimum atomic E-state index is 0.118. The minimum Gasteiger partial charge on any atom is -0.295 e. The zero-order valence-electron chi connectivity index (χ0n) is 12.2. The number of aromatic amines is 1. The number of aromatic nitrogens is 2. The highest BCUT2D eigenvalue weighted by Crippen LogP contribution is 2.22. The zero-order chi connectivity index (χ0) is 14.0. The standard InChI is InChI=1S/C16H22N2O/c1-5-18-16(19)14(9-11(2)3)15(17-18)13-8-6-7-12(4)10-13/h6-8,10-11,17H,5,9H2,1-4H3. The van der Waals surface area contributed by atoms with E-state index in [0.29, 0.717) is 12.5 Å². The lowest BCUT2D eigenvalue weighted by Gasteiger charge is -2.05. The van der Waals surface area contributed by atoms with Crippen molar-refractivity contribution in [3.05, 3.63) is 45.7 Å². The first-order valence-electron chi connectivity index (χ1n) is 6.91. The Bertz CT molecular complexity index is 620. The van der Waals surface area contributed by atoms with Crippen molar-refractivity contribution in [2.45, 2.75) is 40.7 Å². The first-order chi connectivity index (χ1) is 9.02. The van der Waals surface area contributed by atoms with Crippen molar-refractivity contribution in [3.63, 3.8) is 0 Å². The van der Waals surface area contributed by atoms with E-state index in [1.54, 1.807) is 4.68 Å². The van der Waals surface area contributed by atoms with Gasteiger partial charge in [0.05, 0.1) is 5.69 Å². The van der Waals surface area contributed by atoms with Crippen LogP contribution in [0.1, 0.15) is 31.9 Å². The highest BCUT2D eigenvalue weighted by atomic mass is 16.1. The molecule has 0 radical (unpaired) electrons. The van der Waals surface area contributed by atoms with Crippen LogP contribution in [-0.2, 0) is 13.0 Å². The van der Waals surface area contributed by atoms with E-state index in [9.17, 15) is 4.79 Å². The Hall–Kier alpha value is -1.77. The molecular formula is C16H22N2O. The lowest BCUT2D eigenvalue weighted by molar-refractivity contribution is 0.623. The van der Waals surface area contributed by atoms with Crippen LogP contribution in [0.2, 0.25) is 0 Å². The molecule has 1 heterocycles. The quantitative estimate of drug-likeness (QED) is 0.897. The highest BCUT2D eigenvalue weighted by molar-refractivity contribution is 5.63. The van der Waals surface area contributed by atoms with Crippen LogP contribution < -0.4 is 5.56 Å². The maximum Gasteiger partial charge on any atom is 0.270 e. The van der Waals surface area contributed by atoms with Gasteiger partial charge in [-0.3, -0.25) is 14.6 Å². The van der Waals surface area contributed by atoms with E-state index in [4.69, 9.17) is 0 Å². The Morgan fingerprint density at radius 1 is 1.32 bits per heavy atom. The van der Waals surface area contributed by atoms with Gasteiger partial charge in [-0.1, -0.05) is 37.6 Å². The molecule has 1 aromatic carbocycles. The lowest BCUT2D eigenvalue weighted by Crippen LogP contribution is -2.18. The number of rotatable bonds is 4. The first-order valence-corrected chi connectivity index (χ1v) is 6.91. The van der Waals surface area contributed by atoms with Crippen molar-refractivity contribution in [1.29, 1.82) is 0 Å². The number of nitrogens with zero attached hydrogens (tertiary/aromatic N) is 1. The molecule has 0 aliphatic heterocycles. The Morgan fingerprint density at radius 2 is 2.05 bits per heavy atom. The van der Waals surface area contributed by atoms with Crippen LogP contribution in [0.4, 0.5) is 0 Å². The van der Waals surface area contributed by atoms with Gasteiger partial charge in [-0.25, -0.2) is 0 Å². The van der Waals surface area contributed by atoms with Gasteiger partial charge in [-0.15, -0.1) is 0 Å². The Labute approximate surface area is 114 Å². The van der Waals surface area contributed by atoms with Gasteiger partial charge in [0.15, 0.2) is 0 Å². The third kappa shape index (κ3) is 2.80. The fourth-order valence-electron chi connectivity index (χ4n) is 2.38. The van der Waals surface area contributed by atoms with Gasteiger partial charge in [0.1, 0.15) is 0 Å². The smallest absolute Gasteiger partial charge is 0.270 e. The summed E-state index contributed by atoms with van der Waals surface area (Å²) < 4.78 is 1.69. The minimum absolute atomic E-state index is 0.118. The molecule has 102 valence electrons. The number of H-pyrrole nitrogens is 1. The second-order valence-electron chi connectivity index (χ2n) is 5.48. The SMILES string of the molecule is CCn1[nH]c(-c2cccc(C)c2)c(CC(C)C)c1=O. The molecule has 0 aliphatic rings. The maximum absolute atomic E-state index is 12.3. The summed E-state index contributed by atoms with van der Waals surface area (Å²) in [5, 5.41) is 3.25. The largest absolute Gasteiger partial charge is 0.295 e. The topological polar surface area (TPSA) is 37.8 Å². The fraction of sp³-hybridized carbons (Fsp3) is 0.438. The average Bonchev–Trinajstić information content (AvgIpc) is 2.66. The number of nitrogens with one attached hydrogen (secondary N) is 1. The van der Waals surface area contributed by atoms with Crippen molar-refractivity contribution in [2.24, 2.45) is 5.92 Å². The van der Waals surface area contributed by atoms with Gasteiger partial charge in [-0.2, -0.15) is 0 Å². The van der Waals surface area contributed by atoms with Gasteiger partial charge in [0.25, 0.3) is 5.56 Å². The normalized spacial score (nSPS) is 11.2. The third-order valence-corrected chi connectivity index (χ3v) is 3.29. The van der Waals surface area contributed by atoms with E-state index in [1.807, 2.05) is 13.0 Å². The molecule has 0 unspecified atom stereocenters. The summed E-state index contributed by atoms with van der Waals surface area (Å²) in [4.78, 5) is 12.3. The molecule has 0 aliphatic carbocycles. The molecule has 0 amide bonds. The van der Waals surface area contributed by atoms with Crippen LogP contribution in [0.3, 0.4) is 0 Å². The van der Waals surface area contributed by atoms with Crippen LogP contribution in [0.15, 0.2) is 29.1 Å². The Morgan fingerprint density at radius 3 is 2.63 bits per heavy atom. The van der Waals surface area contributed by atoms with Crippen LogP contribution in [0, 0.1) is 12.8 Å². The fourth-order valence-corrected chi connectivity index (χ4v) is 2.38. The first kappa shape index (κ1) is 13.7. The number of hydrogen-bond acceptors (Lipinski definition) is 1. The summed E-state index contributed by atoms with van der Waals surface area (Å²) >= 11 is 0. The van der Waals surface area contributed by atoms with Gasteiger partial charge < -0.3 is 0 Å². The lowest BCUT2D eigenvalue weighted by atomic mass is 9.99. The molecule has 0 bridgehead atoms. The van der Waals surface area contributed by atoms with E-state index in [-0.39, 0.29) is 5.56 Å². The zero-order valence-corrected chi connectivity index (χ0v) is 12.2. The molecule has 0 fully saturated rings. The van der Waals surface area contributed by atoms with E-state index < -0.39 is 0 Å². The van der Waals surface area contributed by atoms with Crippen LogP contribution in [0.5, 0.6) is 0 Å². The summed E-state index contributed by atoms with van der Waals surface area (Å²) in [6.45, 7) is 9.01. The summed E-state index contributed by atoms with van der Waals surface area (Å²) in [5.41, 5.74) is 4.30. The van der Waals surface area contributed by atoms with E-state index >= 15 is 0 Å². The number of hydrogen-bond donors (Lipinski definition) is 1. The number of aryl methyl sites for hydroxylation is 2. The van der Waals surface area contributed by atoms with Crippen molar-refractivity contribution >= 4 is 0 Å². The predicted molar refractivity (Wildman–Crippen MR) is 79.4 cm³/mol. The van der Waals surface area contributed by atoms with E-state index in [2.05, 4.69) is 44.1 Å². The van der Waals surface area contributed by atoms with Crippen molar-refractivity contribution in [2.75, 3.05) is 0 Å². The van der Waals surface area contributed by atoms with Gasteiger partial charge in [0, 0.05) is 17.7 Å². The van der Waals surface area contributed by atoms with Crippen molar-refractivity contribution < 1.29 is 0 Å². The monoisotopic (exact) mass is 258 g/mol. The summed E-state index contributed by atoms with van der Waals surface area (Å²) in [6, 6.07) is 8.28. The van der Waals surface area contributed by atoms with Gasteiger partial charge in [0.2, 0.25) is 0 Å². The Kier molecular flexibility index (Phi) is 3.93. The van der Waals surface area contributed by atoms with Gasteiger partial charge >= 0.3 is 0 Å². The molecule has 19 heavy (non-hydrogen) atoms. The second kappa shape index (κ2) is 5.47. The average molecular weight is 258 g/mol. The van der Waals surface area contributed by atoms with Crippen molar-refractivity contribution in [3.8, 4) is 11.3 Å². The molecule has 0 saturated carbocycles. The Balaban J connectivity index is 2.58. The molecule has 0 saturated heterocycles. The van der Waals surface area contributed by atoms with Crippen LogP contribution >= 0.6 is 0 Å². The van der Waals surface area contributed by atoms with Crippen molar-refractivity contribution in [1.82, 2.24) is 9.78 Å². The van der Waals surface area contributed by atoms with Crippen LogP contribution in [0.25, 0.3) is 11.3 Å².